The van der Waals surface area contributed by atoms with Gasteiger partial charge in [0, 0.05) is 24.1 Å². The molecular weight excluding hydrogens is 729 g/mol. The maximum atomic E-state index is 13.5. The van der Waals surface area contributed by atoms with Crippen molar-refractivity contribution in [1.29, 1.82) is 0 Å². The summed E-state index contributed by atoms with van der Waals surface area (Å²) < 4.78 is 108. The fourth-order valence-corrected chi connectivity index (χ4v) is 6.50. The molecule has 53 heavy (non-hydrogen) atoms. The average Bonchev–Trinajstić information content (AvgIpc) is 3.52. The Hall–Kier alpha value is -4.48. The first-order valence-corrected chi connectivity index (χ1v) is 18.5. The van der Waals surface area contributed by atoms with Gasteiger partial charge in [-0.05, 0) is 72.1 Å². The second kappa shape index (κ2) is 18.0. The van der Waals surface area contributed by atoms with Crippen LogP contribution in [-0.2, 0) is 24.1 Å². The summed E-state index contributed by atoms with van der Waals surface area (Å²) in [6, 6.07) is 15.1. The number of nitrogens with two attached hydrogens (primary N) is 1. The number of carbonyl (C=O) groups is 2. The Morgan fingerprint density at radius 2 is 1.58 bits per heavy atom. The number of carbonyl (C=O) groups excluding carboxylic acids is 2. The zero-order valence-electron chi connectivity index (χ0n) is 29.2. The Morgan fingerprint density at radius 1 is 0.962 bits per heavy atom. The summed E-state index contributed by atoms with van der Waals surface area (Å²) in [5.41, 5.74) is 7.28. The largest absolute Gasteiger partial charge is 0.573 e. The van der Waals surface area contributed by atoms with Crippen LogP contribution in [0.5, 0.6) is 11.5 Å². The maximum absolute atomic E-state index is 13.5. The van der Waals surface area contributed by atoms with E-state index in [1.54, 1.807) is 55.1 Å². The Kier molecular flexibility index (Phi) is 14.0. The Labute approximate surface area is 304 Å². The molecule has 11 nitrogen and oxygen atoms in total. The number of sulfone groups is 1. The van der Waals surface area contributed by atoms with Gasteiger partial charge in [-0.25, -0.2) is 8.42 Å². The van der Waals surface area contributed by atoms with Crippen molar-refractivity contribution in [2.24, 2.45) is 11.7 Å². The standard InChI is InChI=1S/C36H42F5N3O8S/c1-4-53(47,48)30-15-7-23(8-16-30)31(17-18-49-34(46)32(42)22(2)3)43-33(45)24-5-9-25(10-6-24)44-20-29(19-26(44)21-50-35(37)38)51-27-11-13-28(14-12-27)52-36(39,40)41/h5-16,22,26,29,31-32,35H,4,17-21,42H2,1-3H3,(H,43,45)/t26-,29-,31-,32-/m0/s1. The zero-order valence-corrected chi connectivity index (χ0v) is 30.0. The molecule has 1 saturated heterocycles. The van der Waals surface area contributed by atoms with Gasteiger partial charge in [-0.2, -0.15) is 8.78 Å². The van der Waals surface area contributed by atoms with Crippen molar-refractivity contribution < 1.29 is 58.9 Å². The van der Waals surface area contributed by atoms with Gasteiger partial charge in [-0.15, -0.1) is 13.2 Å². The quantitative estimate of drug-likeness (QED) is 0.123. The van der Waals surface area contributed by atoms with Gasteiger partial charge in [-0.1, -0.05) is 32.9 Å². The molecule has 0 bridgehead atoms. The number of hydrogen-bond donors (Lipinski definition) is 2. The van der Waals surface area contributed by atoms with Crippen LogP contribution in [0.4, 0.5) is 27.6 Å². The van der Waals surface area contributed by atoms with Crippen LogP contribution in [0.25, 0.3) is 0 Å². The summed E-state index contributed by atoms with van der Waals surface area (Å²) in [4.78, 5) is 27.7. The third kappa shape index (κ3) is 12.0. The summed E-state index contributed by atoms with van der Waals surface area (Å²) in [5.74, 6) is -1.49. The van der Waals surface area contributed by atoms with Crippen LogP contribution >= 0.6 is 0 Å². The van der Waals surface area contributed by atoms with E-state index in [2.05, 4.69) is 14.8 Å². The normalized spacial score (nSPS) is 17.5. The highest BCUT2D eigenvalue weighted by Gasteiger charge is 2.35. The van der Waals surface area contributed by atoms with Crippen LogP contribution in [0.3, 0.4) is 0 Å². The maximum Gasteiger partial charge on any atom is 0.573 e. The van der Waals surface area contributed by atoms with E-state index < -0.39 is 64.7 Å². The number of esters is 1. The summed E-state index contributed by atoms with van der Waals surface area (Å²) >= 11 is 0. The molecule has 3 aromatic carbocycles. The number of halogens is 5. The van der Waals surface area contributed by atoms with Gasteiger partial charge in [0.2, 0.25) is 0 Å². The number of rotatable bonds is 17. The van der Waals surface area contributed by atoms with E-state index in [0.29, 0.717) is 11.3 Å². The number of hydrogen-bond acceptors (Lipinski definition) is 10. The molecule has 0 saturated carbocycles. The van der Waals surface area contributed by atoms with Crippen LogP contribution in [0.1, 0.15) is 55.6 Å². The number of alkyl halides is 5. The summed E-state index contributed by atoms with van der Waals surface area (Å²) in [7, 11) is -3.47. The van der Waals surface area contributed by atoms with E-state index >= 15 is 0 Å². The molecule has 1 fully saturated rings. The second-order valence-electron chi connectivity index (χ2n) is 12.7. The van der Waals surface area contributed by atoms with Crippen LogP contribution in [0.2, 0.25) is 0 Å². The Morgan fingerprint density at radius 3 is 2.15 bits per heavy atom. The van der Waals surface area contributed by atoms with Crippen molar-refractivity contribution in [3.05, 3.63) is 83.9 Å². The number of nitrogens with one attached hydrogen (secondary N) is 1. The molecule has 17 heteroatoms. The first-order chi connectivity index (χ1) is 25.0. The number of benzene rings is 3. The lowest BCUT2D eigenvalue weighted by Gasteiger charge is -2.26. The highest BCUT2D eigenvalue weighted by molar-refractivity contribution is 7.91. The molecule has 0 radical (unpaired) electrons. The minimum atomic E-state index is -4.85. The van der Waals surface area contributed by atoms with Crippen LogP contribution in [0.15, 0.2) is 77.7 Å². The lowest BCUT2D eigenvalue weighted by molar-refractivity contribution is -0.274. The number of nitrogens with zero attached hydrogens (tertiary/aromatic N) is 1. The fraction of sp³-hybridized carbons (Fsp3) is 0.444. The fourth-order valence-electron chi connectivity index (χ4n) is 5.62. The molecule has 1 heterocycles. The topological polar surface area (TPSA) is 146 Å². The van der Waals surface area contributed by atoms with E-state index in [-0.39, 0.29) is 60.5 Å². The molecule has 1 aliphatic rings. The molecule has 3 N–H and O–H groups in total. The minimum absolute atomic E-state index is 0.0795. The molecule has 0 spiro atoms. The summed E-state index contributed by atoms with van der Waals surface area (Å²) in [6.07, 6.45) is -4.99. The minimum Gasteiger partial charge on any atom is -0.489 e. The summed E-state index contributed by atoms with van der Waals surface area (Å²) in [5, 5.41) is 2.91. The predicted octanol–water partition coefficient (Wildman–Crippen LogP) is 6.03. The number of amides is 1. The highest BCUT2D eigenvalue weighted by Crippen LogP contribution is 2.31. The average molecular weight is 772 g/mol. The van der Waals surface area contributed by atoms with E-state index in [4.69, 9.17) is 15.2 Å². The summed E-state index contributed by atoms with van der Waals surface area (Å²) in [6.45, 7) is 1.87. The highest BCUT2D eigenvalue weighted by atomic mass is 32.2. The Balaban J connectivity index is 1.47. The van der Waals surface area contributed by atoms with Crippen molar-refractivity contribution >= 4 is 27.4 Å². The third-order valence-electron chi connectivity index (χ3n) is 8.58. The molecule has 0 unspecified atom stereocenters. The smallest absolute Gasteiger partial charge is 0.489 e. The SMILES string of the molecule is CCS(=O)(=O)c1ccc([C@H](CCOC(=O)[C@@H](N)C(C)C)NC(=O)c2ccc(N3C[C@@H](Oc4ccc(OC(F)(F)F)cc4)C[C@H]3COC(F)F)cc2)cc1. The van der Waals surface area contributed by atoms with Gasteiger partial charge in [-0.3, -0.25) is 9.59 Å². The lowest BCUT2D eigenvalue weighted by Crippen LogP contribution is -2.37. The Bertz CT molecular complexity index is 1760. The molecule has 4 atom stereocenters. The number of ether oxygens (including phenoxy) is 4. The first kappa shape index (κ1) is 41.3. The molecule has 4 rings (SSSR count). The molecule has 1 amide bonds. The monoisotopic (exact) mass is 771 g/mol. The van der Waals surface area contributed by atoms with E-state index in [9.17, 15) is 40.0 Å². The molecular formula is C36H42F5N3O8S. The van der Waals surface area contributed by atoms with Gasteiger partial charge in [0.15, 0.2) is 9.84 Å². The van der Waals surface area contributed by atoms with Crippen LogP contribution < -0.4 is 25.4 Å². The van der Waals surface area contributed by atoms with Crippen molar-refractivity contribution in [3.63, 3.8) is 0 Å². The van der Waals surface area contributed by atoms with Crippen molar-refractivity contribution in [2.75, 3.05) is 30.4 Å². The van der Waals surface area contributed by atoms with Gasteiger partial charge >= 0.3 is 18.9 Å². The van der Waals surface area contributed by atoms with Gasteiger partial charge < -0.3 is 34.9 Å². The zero-order chi connectivity index (χ0) is 38.9. The lowest BCUT2D eigenvalue weighted by atomic mass is 10.0. The van der Waals surface area contributed by atoms with E-state index in [0.717, 1.165) is 12.1 Å². The second-order valence-corrected chi connectivity index (χ2v) is 14.9. The van der Waals surface area contributed by atoms with Gasteiger partial charge in [0.1, 0.15) is 23.6 Å². The molecule has 3 aromatic rings. The van der Waals surface area contributed by atoms with Crippen LogP contribution in [-0.4, -0.2) is 77.0 Å². The molecule has 290 valence electrons. The van der Waals surface area contributed by atoms with Crippen LogP contribution in [0, 0.1) is 5.92 Å². The number of anilines is 1. The van der Waals surface area contributed by atoms with Crippen molar-refractivity contribution in [3.8, 4) is 11.5 Å². The van der Waals surface area contributed by atoms with Crippen molar-refractivity contribution in [1.82, 2.24) is 5.32 Å². The third-order valence-corrected chi connectivity index (χ3v) is 10.3. The van der Waals surface area contributed by atoms with Gasteiger partial charge in [0.25, 0.3) is 5.91 Å². The van der Waals surface area contributed by atoms with E-state index in [1.807, 2.05) is 0 Å². The predicted molar refractivity (Wildman–Crippen MR) is 184 cm³/mol. The molecule has 0 aromatic heterocycles. The van der Waals surface area contributed by atoms with Crippen molar-refractivity contribution in [2.45, 2.75) is 75.7 Å². The van der Waals surface area contributed by atoms with E-state index in [1.165, 1.54) is 31.2 Å². The first-order valence-electron chi connectivity index (χ1n) is 16.8. The van der Waals surface area contributed by atoms with Gasteiger partial charge in [0.05, 0.1) is 42.5 Å². The molecule has 0 aliphatic carbocycles. The molecule has 1 aliphatic heterocycles.